The standard InChI is InChI=1S/C23H23FN2O6/c1-31-22(29)16-10-17(23(30)32-2)13-19(12-16)25-20(27)14-6-8-26(9-7-14)21(28)15-4-3-5-18(24)11-15/h3-5,10-14H,6-9H2,1-2H3,(H,25,27). The van der Waals surface area contributed by atoms with Crippen molar-refractivity contribution in [1.29, 1.82) is 0 Å². The van der Waals surface area contributed by atoms with E-state index in [0.29, 0.717) is 25.9 Å². The Morgan fingerprint density at radius 1 is 0.906 bits per heavy atom. The van der Waals surface area contributed by atoms with E-state index in [9.17, 15) is 23.6 Å². The topological polar surface area (TPSA) is 102 Å². The zero-order valence-corrected chi connectivity index (χ0v) is 17.7. The fraction of sp³-hybridized carbons (Fsp3) is 0.304. The lowest BCUT2D eigenvalue weighted by Crippen LogP contribution is -2.41. The number of likely N-dealkylation sites (tertiary alicyclic amines) is 1. The molecule has 0 radical (unpaired) electrons. The molecule has 2 aromatic rings. The zero-order chi connectivity index (χ0) is 23.3. The summed E-state index contributed by atoms with van der Waals surface area (Å²) in [5.41, 5.74) is 0.724. The van der Waals surface area contributed by atoms with Gasteiger partial charge in [0.2, 0.25) is 5.91 Å². The van der Waals surface area contributed by atoms with Gasteiger partial charge in [0, 0.05) is 30.3 Å². The number of ether oxygens (including phenoxy) is 2. The normalized spacial score (nSPS) is 13.9. The number of benzene rings is 2. The Bertz CT molecular complexity index is 1010. The molecule has 1 N–H and O–H groups in total. The summed E-state index contributed by atoms with van der Waals surface area (Å²) in [6, 6.07) is 9.65. The molecule has 1 saturated heterocycles. The predicted molar refractivity (Wildman–Crippen MR) is 113 cm³/mol. The maximum Gasteiger partial charge on any atom is 0.337 e. The van der Waals surface area contributed by atoms with Crippen LogP contribution in [0.3, 0.4) is 0 Å². The van der Waals surface area contributed by atoms with E-state index in [4.69, 9.17) is 9.47 Å². The minimum atomic E-state index is -0.657. The van der Waals surface area contributed by atoms with Crippen molar-refractivity contribution in [3.05, 3.63) is 65.0 Å². The molecule has 32 heavy (non-hydrogen) atoms. The highest BCUT2D eigenvalue weighted by molar-refractivity contribution is 6.00. The van der Waals surface area contributed by atoms with E-state index < -0.39 is 17.8 Å². The Morgan fingerprint density at radius 2 is 1.50 bits per heavy atom. The van der Waals surface area contributed by atoms with E-state index in [1.165, 1.54) is 50.6 Å². The molecule has 0 atom stereocenters. The van der Waals surface area contributed by atoms with Crippen LogP contribution in [0.25, 0.3) is 0 Å². The van der Waals surface area contributed by atoms with Crippen LogP contribution in [-0.4, -0.2) is 56.0 Å². The van der Waals surface area contributed by atoms with E-state index in [-0.39, 0.29) is 40.1 Å². The Morgan fingerprint density at radius 3 is 2.03 bits per heavy atom. The summed E-state index contributed by atoms with van der Waals surface area (Å²) in [6.45, 7) is 0.700. The maximum atomic E-state index is 13.4. The van der Waals surface area contributed by atoms with Crippen molar-refractivity contribution in [2.75, 3.05) is 32.6 Å². The molecular weight excluding hydrogens is 419 g/mol. The smallest absolute Gasteiger partial charge is 0.337 e. The third kappa shape index (κ3) is 5.29. The van der Waals surface area contributed by atoms with E-state index >= 15 is 0 Å². The Hall–Kier alpha value is -3.75. The lowest BCUT2D eigenvalue weighted by Gasteiger charge is -2.31. The average molecular weight is 442 g/mol. The van der Waals surface area contributed by atoms with Crippen LogP contribution in [0.15, 0.2) is 42.5 Å². The van der Waals surface area contributed by atoms with Crippen molar-refractivity contribution in [3.8, 4) is 0 Å². The first-order chi connectivity index (χ1) is 15.3. The summed E-state index contributed by atoms with van der Waals surface area (Å²) in [4.78, 5) is 50.7. The van der Waals surface area contributed by atoms with Gasteiger partial charge in [-0.25, -0.2) is 14.0 Å². The van der Waals surface area contributed by atoms with E-state index in [1.54, 1.807) is 11.0 Å². The Kier molecular flexibility index (Phi) is 7.19. The number of halogens is 1. The van der Waals surface area contributed by atoms with Gasteiger partial charge in [-0.15, -0.1) is 0 Å². The summed E-state index contributed by atoms with van der Waals surface area (Å²) in [5.74, 6) is -2.73. The SMILES string of the molecule is COC(=O)c1cc(NC(=O)C2CCN(C(=O)c3cccc(F)c3)CC2)cc(C(=O)OC)c1. The number of anilines is 1. The molecule has 0 aromatic heterocycles. The van der Waals surface area contributed by atoms with Gasteiger partial charge < -0.3 is 19.7 Å². The molecule has 8 nitrogen and oxygen atoms in total. The van der Waals surface area contributed by atoms with Crippen LogP contribution >= 0.6 is 0 Å². The monoisotopic (exact) mass is 442 g/mol. The third-order valence-corrected chi connectivity index (χ3v) is 5.27. The van der Waals surface area contributed by atoms with Crippen LogP contribution in [0.1, 0.15) is 43.9 Å². The minimum absolute atomic E-state index is 0.0983. The molecule has 1 aliphatic rings. The number of nitrogens with zero attached hydrogens (tertiary/aromatic N) is 1. The molecule has 0 saturated carbocycles. The molecular formula is C23H23FN2O6. The number of nitrogens with one attached hydrogen (secondary N) is 1. The zero-order valence-electron chi connectivity index (χ0n) is 17.7. The lowest BCUT2D eigenvalue weighted by molar-refractivity contribution is -0.121. The van der Waals surface area contributed by atoms with E-state index in [0.717, 1.165) is 0 Å². The summed E-state index contributed by atoms with van der Waals surface area (Å²) < 4.78 is 22.8. The highest BCUT2D eigenvalue weighted by Gasteiger charge is 2.28. The fourth-order valence-electron chi connectivity index (χ4n) is 3.56. The quantitative estimate of drug-likeness (QED) is 0.715. The number of carbonyl (C=O) groups excluding carboxylic acids is 4. The van der Waals surface area contributed by atoms with Crippen LogP contribution in [0.2, 0.25) is 0 Å². The first kappa shape index (κ1) is 22.9. The highest BCUT2D eigenvalue weighted by Crippen LogP contribution is 2.23. The van der Waals surface area contributed by atoms with E-state index in [2.05, 4.69) is 5.32 Å². The Labute approximate surface area is 184 Å². The van der Waals surface area contributed by atoms with Gasteiger partial charge in [0.25, 0.3) is 5.91 Å². The number of amides is 2. The first-order valence-electron chi connectivity index (χ1n) is 9.99. The van der Waals surface area contributed by atoms with E-state index in [1.807, 2.05) is 0 Å². The second-order valence-electron chi connectivity index (χ2n) is 7.35. The van der Waals surface area contributed by atoms with Crippen molar-refractivity contribution < 1.29 is 33.0 Å². The third-order valence-electron chi connectivity index (χ3n) is 5.27. The molecule has 1 aliphatic heterocycles. The second kappa shape index (κ2) is 10.0. The summed E-state index contributed by atoms with van der Waals surface area (Å²) >= 11 is 0. The maximum absolute atomic E-state index is 13.4. The molecule has 0 aliphatic carbocycles. The molecule has 168 valence electrons. The number of esters is 2. The predicted octanol–water partition coefficient (Wildman–Crippen LogP) is 2.89. The van der Waals surface area contributed by atoms with Crippen LogP contribution in [0, 0.1) is 11.7 Å². The van der Waals surface area contributed by atoms with Gasteiger partial charge in [0.1, 0.15) is 5.82 Å². The van der Waals surface area contributed by atoms with Crippen LogP contribution in [0.4, 0.5) is 10.1 Å². The molecule has 0 unspecified atom stereocenters. The van der Waals surface area contributed by atoms with Crippen LogP contribution < -0.4 is 5.32 Å². The molecule has 0 bridgehead atoms. The lowest BCUT2D eigenvalue weighted by atomic mass is 9.95. The molecule has 1 fully saturated rings. The van der Waals surface area contributed by atoms with Gasteiger partial charge in [0.05, 0.1) is 25.3 Å². The van der Waals surface area contributed by atoms with Gasteiger partial charge in [-0.3, -0.25) is 9.59 Å². The fourth-order valence-corrected chi connectivity index (χ4v) is 3.56. The van der Waals surface area contributed by atoms with Crippen molar-refractivity contribution in [1.82, 2.24) is 4.90 Å². The average Bonchev–Trinajstić information content (AvgIpc) is 2.82. The van der Waals surface area contributed by atoms with Gasteiger partial charge in [-0.05, 0) is 49.2 Å². The molecule has 0 spiro atoms. The van der Waals surface area contributed by atoms with Crippen molar-refractivity contribution >= 4 is 29.4 Å². The molecule has 1 heterocycles. The number of piperidine rings is 1. The second-order valence-corrected chi connectivity index (χ2v) is 7.35. The molecule has 2 amide bonds. The largest absolute Gasteiger partial charge is 0.465 e. The number of hydrogen-bond acceptors (Lipinski definition) is 6. The van der Waals surface area contributed by atoms with Crippen molar-refractivity contribution in [2.45, 2.75) is 12.8 Å². The number of carbonyl (C=O) groups is 4. The first-order valence-corrected chi connectivity index (χ1v) is 9.99. The number of hydrogen-bond donors (Lipinski definition) is 1. The number of methoxy groups -OCH3 is 2. The van der Waals surface area contributed by atoms with Crippen molar-refractivity contribution in [2.24, 2.45) is 5.92 Å². The van der Waals surface area contributed by atoms with Crippen molar-refractivity contribution in [3.63, 3.8) is 0 Å². The highest BCUT2D eigenvalue weighted by atomic mass is 19.1. The van der Waals surface area contributed by atoms with Gasteiger partial charge in [0.15, 0.2) is 0 Å². The molecule has 3 rings (SSSR count). The summed E-state index contributed by atoms with van der Waals surface area (Å²) in [6.07, 6.45) is 0.848. The van der Waals surface area contributed by atoms with Gasteiger partial charge in [-0.1, -0.05) is 6.07 Å². The summed E-state index contributed by atoms with van der Waals surface area (Å²) in [5, 5.41) is 2.73. The Balaban J connectivity index is 1.66. The van der Waals surface area contributed by atoms with Gasteiger partial charge >= 0.3 is 11.9 Å². The van der Waals surface area contributed by atoms with Gasteiger partial charge in [-0.2, -0.15) is 0 Å². The summed E-state index contributed by atoms with van der Waals surface area (Å²) in [7, 11) is 2.43. The minimum Gasteiger partial charge on any atom is -0.465 e. The van der Waals surface area contributed by atoms with Crippen LogP contribution in [0.5, 0.6) is 0 Å². The number of rotatable bonds is 5. The molecule has 9 heteroatoms. The molecule has 2 aromatic carbocycles. The van der Waals surface area contributed by atoms with Crippen LogP contribution in [-0.2, 0) is 14.3 Å².